The maximum absolute atomic E-state index is 5.87. The molecule has 5 heteroatoms. The van der Waals surface area contributed by atoms with Crippen LogP contribution in [0.4, 0.5) is 5.82 Å². The van der Waals surface area contributed by atoms with Crippen molar-refractivity contribution in [3.63, 3.8) is 0 Å². The van der Waals surface area contributed by atoms with Crippen molar-refractivity contribution in [1.82, 2.24) is 9.97 Å². The predicted molar refractivity (Wildman–Crippen MR) is 74.6 cm³/mol. The van der Waals surface area contributed by atoms with Gasteiger partial charge >= 0.3 is 0 Å². The maximum Gasteiger partial charge on any atom is 0.224 e. The molecule has 2 unspecified atom stereocenters. The number of hydrogen-bond donors (Lipinski definition) is 0. The lowest BCUT2D eigenvalue weighted by atomic mass is 9.85. The molecule has 0 radical (unpaired) electrons. The van der Waals surface area contributed by atoms with Gasteiger partial charge in [0.1, 0.15) is 5.82 Å². The molecule has 2 rings (SSSR count). The van der Waals surface area contributed by atoms with E-state index in [1.807, 2.05) is 0 Å². The van der Waals surface area contributed by atoms with Gasteiger partial charge in [0.25, 0.3) is 0 Å². The molecule has 1 aromatic heterocycles. The molecule has 1 saturated carbocycles. The fraction of sp³-hybridized carbons (Fsp3) is 0.667. The predicted octanol–water partition coefficient (Wildman–Crippen LogP) is 3.91. The normalized spacial score (nSPS) is 24.7. The molecule has 94 valence electrons. The van der Waals surface area contributed by atoms with Gasteiger partial charge in [-0.15, -0.1) is 0 Å². The largest absolute Gasteiger partial charge is 0.355 e. The van der Waals surface area contributed by atoms with Gasteiger partial charge in [0.2, 0.25) is 5.28 Å². The molecular weight excluding hydrogens is 302 g/mol. The minimum Gasteiger partial charge on any atom is -0.355 e. The summed E-state index contributed by atoms with van der Waals surface area (Å²) in [5.41, 5.74) is 0. The second-order valence-corrected chi connectivity index (χ2v) is 5.94. The average molecular weight is 319 g/mol. The summed E-state index contributed by atoms with van der Waals surface area (Å²) in [6, 6.07) is 0.547. The third-order valence-corrected chi connectivity index (χ3v) is 4.34. The van der Waals surface area contributed by atoms with E-state index in [0.717, 1.165) is 10.3 Å². The number of nitrogens with zero attached hydrogens (tertiary/aromatic N) is 3. The van der Waals surface area contributed by atoms with Crippen molar-refractivity contribution in [2.75, 3.05) is 11.9 Å². The van der Waals surface area contributed by atoms with E-state index in [-0.39, 0.29) is 0 Å². The van der Waals surface area contributed by atoms with Gasteiger partial charge in [-0.1, -0.05) is 19.8 Å². The molecule has 1 aromatic rings. The van der Waals surface area contributed by atoms with E-state index in [1.165, 1.54) is 25.7 Å². The molecule has 1 aliphatic rings. The molecular formula is C12H17BrClN3. The summed E-state index contributed by atoms with van der Waals surface area (Å²) < 4.78 is 0.905. The number of hydrogen-bond acceptors (Lipinski definition) is 3. The van der Waals surface area contributed by atoms with Crippen LogP contribution in [0.3, 0.4) is 0 Å². The van der Waals surface area contributed by atoms with E-state index in [1.54, 1.807) is 6.20 Å². The van der Waals surface area contributed by atoms with Crippen LogP contribution in [0.1, 0.15) is 32.6 Å². The molecule has 0 spiro atoms. The van der Waals surface area contributed by atoms with Gasteiger partial charge < -0.3 is 4.90 Å². The molecule has 1 heterocycles. The third-order valence-electron chi connectivity index (χ3n) is 3.59. The van der Waals surface area contributed by atoms with Crippen molar-refractivity contribution in [2.45, 2.75) is 38.6 Å². The second-order valence-electron chi connectivity index (χ2n) is 4.75. The summed E-state index contributed by atoms with van der Waals surface area (Å²) >= 11 is 9.36. The molecule has 3 nitrogen and oxygen atoms in total. The Labute approximate surface area is 116 Å². The zero-order valence-corrected chi connectivity index (χ0v) is 12.5. The molecule has 0 bridgehead atoms. The third kappa shape index (κ3) is 2.91. The SMILES string of the molecule is CC1CCCCC1N(C)c1nc(Cl)ncc1Br. The number of rotatable bonds is 2. The van der Waals surface area contributed by atoms with Crippen LogP contribution in [0.5, 0.6) is 0 Å². The highest BCUT2D eigenvalue weighted by molar-refractivity contribution is 9.10. The molecule has 1 fully saturated rings. The van der Waals surface area contributed by atoms with Crippen molar-refractivity contribution in [1.29, 1.82) is 0 Å². The minimum absolute atomic E-state index is 0.304. The Morgan fingerprint density at radius 1 is 1.41 bits per heavy atom. The molecule has 2 atom stereocenters. The topological polar surface area (TPSA) is 29.0 Å². The van der Waals surface area contributed by atoms with Gasteiger partial charge in [0.05, 0.1) is 4.47 Å². The van der Waals surface area contributed by atoms with Gasteiger partial charge in [-0.3, -0.25) is 0 Å². The van der Waals surface area contributed by atoms with Gasteiger partial charge in [-0.25, -0.2) is 4.98 Å². The van der Waals surface area contributed by atoms with E-state index in [2.05, 4.69) is 44.8 Å². The highest BCUT2D eigenvalue weighted by Gasteiger charge is 2.26. The van der Waals surface area contributed by atoms with Crippen LogP contribution in [0.25, 0.3) is 0 Å². The lowest BCUT2D eigenvalue weighted by Gasteiger charge is -2.37. The van der Waals surface area contributed by atoms with Crippen LogP contribution < -0.4 is 4.90 Å². The first-order valence-electron chi connectivity index (χ1n) is 6.00. The molecule has 0 saturated heterocycles. The highest BCUT2D eigenvalue weighted by Crippen LogP contribution is 2.32. The quantitative estimate of drug-likeness (QED) is 0.774. The summed E-state index contributed by atoms with van der Waals surface area (Å²) in [4.78, 5) is 10.5. The van der Waals surface area contributed by atoms with Crippen molar-refractivity contribution in [3.05, 3.63) is 16.0 Å². The summed E-state index contributed by atoms with van der Waals surface area (Å²) in [6.07, 6.45) is 6.89. The second kappa shape index (κ2) is 5.53. The van der Waals surface area contributed by atoms with Crippen molar-refractivity contribution in [3.8, 4) is 0 Å². The van der Waals surface area contributed by atoms with E-state index in [0.29, 0.717) is 17.2 Å². The lowest BCUT2D eigenvalue weighted by Crippen LogP contribution is -2.39. The fourth-order valence-electron chi connectivity index (χ4n) is 2.61. The Balaban J connectivity index is 2.23. The van der Waals surface area contributed by atoms with Gasteiger partial charge in [-0.2, -0.15) is 4.98 Å². The Morgan fingerprint density at radius 3 is 2.82 bits per heavy atom. The van der Waals surface area contributed by atoms with Gasteiger partial charge in [-0.05, 0) is 46.3 Å². The molecule has 1 aliphatic carbocycles. The summed E-state index contributed by atoms with van der Waals surface area (Å²) in [5, 5.41) is 0.304. The zero-order valence-electron chi connectivity index (χ0n) is 10.2. The average Bonchev–Trinajstić information content (AvgIpc) is 2.32. The molecule has 0 amide bonds. The van der Waals surface area contributed by atoms with E-state index in [9.17, 15) is 0 Å². The van der Waals surface area contributed by atoms with Crippen LogP contribution in [0.15, 0.2) is 10.7 Å². The standard InChI is InChI=1S/C12H17BrClN3/c1-8-5-3-4-6-10(8)17(2)11-9(13)7-15-12(14)16-11/h7-8,10H,3-6H2,1-2H3. The van der Waals surface area contributed by atoms with E-state index >= 15 is 0 Å². The Bertz CT molecular complexity index is 399. The fourth-order valence-corrected chi connectivity index (χ4v) is 3.21. The Hall–Kier alpha value is -0.350. The molecule has 17 heavy (non-hydrogen) atoms. The van der Waals surface area contributed by atoms with Gasteiger partial charge in [0, 0.05) is 19.3 Å². The van der Waals surface area contributed by atoms with Crippen molar-refractivity contribution < 1.29 is 0 Å². The van der Waals surface area contributed by atoms with Crippen LogP contribution in [0.2, 0.25) is 5.28 Å². The summed E-state index contributed by atoms with van der Waals surface area (Å²) in [7, 11) is 2.09. The Morgan fingerprint density at radius 2 is 2.12 bits per heavy atom. The maximum atomic E-state index is 5.87. The van der Waals surface area contributed by atoms with E-state index in [4.69, 9.17) is 11.6 Å². The number of halogens is 2. The van der Waals surface area contributed by atoms with Crippen LogP contribution in [0, 0.1) is 5.92 Å². The molecule has 0 aromatic carbocycles. The van der Waals surface area contributed by atoms with Crippen molar-refractivity contribution >= 4 is 33.3 Å². The summed E-state index contributed by atoms with van der Waals surface area (Å²) in [6.45, 7) is 2.32. The number of aromatic nitrogens is 2. The van der Waals surface area contributed by atoms with Gasteiger partial charge in [0.15, 0.2) is 0 Å². The number of anilines is 1. The van der Waals surface area contributed by atoms with Crippen molar-refractivity contribution in [2.24, 2.45) is 5.92 Å². The van der Waals surface area contributed by atoms with Crippen LogP contribution in [-0.2, 0) is 0 Å². The van der Waals surface area contributed by atoms with Crippen LogP contribution >= 0.6 is 27.5 Å². The lowest BCUT2D eigenvalue weighted by molar-refractivity contribution is 0.320. The van der Waals surface area contributed by atoms with Crippen LogP contribution in [-0.4, -0.2) is 23.1 Å². The molecule has 0 N–H and O–H groups in total. The molecule has 0 aliphatic heterocycles. The minimum atomic E-state index is 0.304. The van der Waals surface area contributed by atoms with E-state index < -0.39 is 0 Å². The zero-order chi connectivity index (χ0) is 12.4. The highest BCUT2D eigenvalue weighted by atomic mass is 79.9. The Kier molecular flexibility index (Phi) is 4.26. The smallest absolute Gasteiger partial charge is 0.224 e. The first-order chi connectivity index (χ1) is 8.09. The first kappa shape index (κ1) is 13.1. The first-order valence-corrected chi connectivity index (χ1v) is 7.17. The summed E-state index contributed by atoms with van der Waals surface area (Å²) in [5.74, 6) is 1.60. The monoisotopic (exact) mass is 317 g/mol.